The molecule has 1 saturated heterocycles. The van der Waals surface area contributed by atoms with Gasteiger partial charge in [-0.15, -0.1) is 0 Å². The Balaban J connectivity index is 1.67. The highest BCUT2D eigenvalue weighted by molar-refractivity contribution is 6.08. The van der Waals surface area contributed by atoms with Gasteiger partial charge in [-0.1, -0.05) is 18.2 Å². The molecule has 0 aromatic heterocycles. The number of allylic oxidation sites excluding steroid dienone is 2. The van der Waals surface area contributed by atoms with Crippen molar-refractivity contribution in [1.82, 2.24) is 4.90 Å². The number of imide groups is 1. The molecule has 1 aliphatic heterocycles. The molecule has 6 heteroatoms. The van der Waals surface area contributed by atoms with Gasteiger partial charge in [-0.2, -0.15) is 0 Å². The van der Waals surface area contributed by atoms with Crippen LogP contribution in [0, 0.1) is 24.6 Å². The zero-order valence-corrected chi connectivity index (χ0v) is 12.7. The zero-order chi connectivity index (χ0) is 16.6. The number of hydrogen-bond donors (Lipinski definition) is 1. The molecule has 0 bridgehead atoms. The number of rotatable bonds is 3. The maximum Gasteiger partial charge on any atom is 0.244 e. The lowest BCUT2D eigenvalue weighted by Gasteiger charge is -2.14. The Hall–Kier alpha value is -2.50. The van der Waals surface area contributed by atoms with Gasteiger partial charge in [0.25, 0.3) is 0 Å². The number of likely N-dealkylation sites (tertiary alicyclic amines) is 1. The second-order valence-corrected chi connectivity index (χ2v) is 5.93. The topological polar surface area (TPSA) is 66.5 Å². The molecule has 5 nitrogen and oxygen atoms in total. The molecule has 2 atom stereocenters. The van der Waals surface area contributed by atoms with E-state index in [2.05, 4.69) is 5.32 Å². The molecule has 0 unspecified atom stereocenters. The second-order valence-electron chi connectivity index (χ2n) is 5.93. The van der Waals surface area contributed by atoms with Crippen molar-refractivity contribution in [1.29, 1.82) is 0 Å². The SMILES string of the molecule is Cc1ccc(NC(=O)CN2C(=O)[C@H]3CC=CC[C@@H]3C2=O)cc1F. The van der Waals surface area contributed by atoms with Crippen LogP contribution in [-0.4, -0.2) is 29.2 Å². The molecule has 3 amide bonds. The maximum atomic E-state index is 13.5. The highest BCUT2D eigenvalue weighted by Gasteiger charge is 2.47. The number of carbonyl (C=O) groups excluding carboxylic acids is 3. The summed E-state index contributed by atoms with van der Waals surface area (Å²) in [4.78, 5) is 37.6. The highest BCUT2D eigenvalue weighted by atomic mass is 19.1. The number of aryl methyl sites for hydroxylation is 1. The minimum Gasteiger partial charge on any atom is -0.324 e. The molecule has 1 aliphatic carbocycles. The predicted octanol–water partition coefficient (Wildman–Crippen LogP) is 2.02. The molecule has 0 spiro atoms. The number of anilines is 1. The summed E-state index contributed by atoms with van der Waals surface area (Å²) < 4.78 is 13.5. The van der Waals surface area contributed by atoms with Gasteiger partial charge in [0, 0.05) is 5.69 Å². The van der Waals surface area contributed by atoms with E-state index >= 15 is 0 Å². The van der Waals surface area contributed by atoms with Crippen LogP contribution in [0.25, 0.3) is 0 Å². The summed E-state index contributed by atoms with van der Waals surface area (Å²) in [5, 5.41) is 2.52. The molecule has 120 valence electrons. The van der Waals surface area contributed by atoms with E-state index in [-0.39, 0.29) is 30.2 Å². The van der Waals surface area contributed by atoms with E-state index in [0.717, 1.165) is 4.90 Å². The summed E-state index contributed by atoms with van der Waals surface area (Å²) in [6.07, 6.45) is 4.86. The first-order valence-corrected chi connectivity index (χ1v) is 7.53. The molecule has 1 heterocycles. The van der Waals surface area contributed by atoms with Crippen LogP contribution in [0.1, 0.15) is 18.4 Å². The standard InChI is InChI=1S/C17H17FN2O3/c1-10-6-7-11(8-14(10)18)19-15(21)9-20-16(22)12-4-2-3-5-13(12)17(20)23/h2-3,6-8,12-13H,4-5,9H2,1H3,(H,19,21)/t12-,13-/m0/s1. The van der Waals surface area contributed by atoms with Gasteiger partial charge in [0.05, 0.1) is 11.8 Å². The molecule has 23 heavy (non-hydrogen) atoms. The summed E-state index contributed by atoms with van der Waals surface area (Å²) in [7, 11) is 0. The second kappa shape index (κ2) is 5.95. The van der Waals surface area contributed by atoms with Crippen molar-refractivity contribution in [3.63, 3.8) is 0 Å². The fourth-order valence-corrected chi connectivity index (χ4v) is 3.04. The summed E-state index contributed by atoms with van der Waals surface area (Å²) in [6.45, 7) is 1.29. The van der Waals surface area contributed by atoms with Crippen LogP contribution >= 0.6 is 0 Å². The average Bonchev–Trinajstić information content (AvgIpc) is 2.76. The molecule has 1 N–H and O–H groups in total. The first kappa shape index (κ1) is 15.4. The van der Waals surface area contributed by atoms with Gasteiger partial charge in [-0.3, -0.25) is 19.3 Å². The predicted molar refractivity (Wildman–Crippen MR) is 81.8 cm³/mol. The number of nitrogens with zero attached hydrogens (tertiary/aromatic N) is 1. The average molecular weight is 316 g/mol. The Labute approximate surface area is 133 Å². The molecule has 1 aromatic rings. The van der Waals surface area contributed by atoms with Crippen LogP contribution in [0.5, 0.6) is 0 Å². The van der Waals surface area contributed by atoms with Crippen LogP contribution in [0.2, 0.25) is 0 Å². The number of fused-ring (bicyclic) bond motifs is 1. The quantitative estimate of drug-likeness (QED) is 0.685. The Morgan fingerprint density at radius 2 is 1.83 bits per heavy atom. The minimum atomic E-state index is -0.512. The van der Waals surface area contributed by atoms with Crippen LogP contribution in [0.4, 0.5) is 10.1 Å². The van der Waals surface area contributed by atoms with Crippen molar-refractivity contribution in [2.75, 3.05) is 11.9 Å². The Bertz CT molecular complexity index is 688. The Morgan fingerprint density at radius 3 is 2.39 bits per heavy atom. The van der Waals surface area contributed by atoms with Gasteiger partial charge in [-0.25, -0.2) is 4.39 Å². The third kappa shape index (κ3) is 2.88. The molecular weight excluding hydrogens is 299 g/mol. The summed E-state index contributed by atoms with van der Waals surface area (Å²) in [5.74, 6) is -2.23. The van der Waals surface area contributed by atoms with E-state index in [1.165, 1.54) is 6.07 Å². The molecule has 0 radical (unpaired) electrons. The zero-order valence-electron chi connectivity index (χ0n) is 12.7. The molecular formula is C17H17FN2O3. The van der Waals surface area contributed by atoms with Crippen molar-refractivity contribution >= 4 is 23.4 Å². The lowest BCUT2D eigenvalue weighted by atomic mass is 9.85. The smallest absolute Gasteiger partial charge is 0.244 e. The summed E-state index contributed by atoms with van der Waals surface area (Å²) in [5.41, 5.74) is 0.778. The molecule has 1 fully saturated rings. The van der Waals surface area contributed by atoms with Gasteiger partial charge >= 0.3 is 0 Å². The molecule has 2 aliphatic rings. The number of halogens is 1. The third-order valence-corrected chi connectivity index (χ3v) is 4.36. The van der Waals surface area contributed by atoms with E-state index in [1.807, 2.05) is 12.2 Å². The normalized spacial score (nSPS) is 23.1. The van der Waals surface area contributed by atoms with E-state index in [4.69, 9.17) is 0 Å². The van der Waals surface area contributed by atoms with Crippen LogP contribution < -0.4 is 5.32 Å². The van der Waals surface area contributed by atoms with Crippen molar-refractivity contribution in [3.8, 4) is 0 Å². The van der Waals surface area contributed by atoms with Gasteiger partial charge in [0.15, 0.2) is 0 Å². The number of nitrogens with one attached hydrogen (secondary N) is 1. The van der Waals surface area contributed by atoms with E-state index in [9.17, 15) is 18.8 Å². The number of amides is 3. The number of benzene rings is 1. The van der Waals surface area contributed by atoms with Crippen molar-refractivity contribution in [3.05, 3.63) is 41.7 Å². The van der Waals surface area contributed by atoms with Crippen molar-refractivity contribution in [2.45, 2.75) is 19.8 Å². The van der Waals surface area contributed by atoms with Gasteiger partial charge in [-0.05, 0) is 37.5 Å². The van der Waals surface area contributed by atoms with Crippen LogP contribution in [0.15, 0.2) is 30.4 Å². The molecule has 0 saturated carbocycles. The lowest BCUT2D eigenvalue weighted by Crippen LogP contribution is -2.38. The molecule has 1 aromatic carbocycles. The van der Waals surface area contributed by atoms with Gasteiger partial charge < -0.3 is 5.32 Å². The maximum absolute atomic E-state index is 13.5. The van der Waals surface area contributed by atoms with Crippen LogP contribution in [-0.2, 0) is 14.4 Å². The third-order valence-electron chi connectivity index (χ3n) is 4.36. The number of carbonyl (C=O) groups is 3. The first-order chi connectivity index (χ1) is 11.0. The highest BCUT2D eigenvalue weighted by Crippen LogP contribution is 2.34. The minimum absolute atomic E-state index is 0.297. The Morgan fingerprint density at radius 1 is 1.22 bits per heavy atom. The summed E-state index contributed by atoms with van der Waals surface area (Å²) in [6, 6.07) is 4.34. The fourth-order valence-electron chi connectivity index (χ4n) is 3.04. The molecule has 3 rings (SSSR count). The van der Waals surface area contributed by atoms with Gasteiger partial charge in [0.1, 0.15) is 12.4 Å². The first-order valence-electron chi connectivity index (χ1n) is 7.53. The Kier molecular flexibility index (Phi) is 3.98. The van der Waals surface area contributed by atoms with E-state index in [0.29, 0.717) is 24.1 Å². The van der Waals surface area contributed by atoms with Crippen LogP contribution in [0.3, 0.4) is 0 Å². The van der Waals surface area contributed by atoms with Crippen molar-refractivity contribution < 1.29 is 18.8 Å². The van der Waals surface area contributed by atoms with E-state index < -0.39 is 11.7 Å². The fraction of sp³-hybridized carbons (Fsp3) is 0.353. The number of hydrogen-bond acceptors (Lipinski definition) is 3. The largest absolute Gasteiger partial charge is 0.324 e. The van der Waals surface area contributed by atoms with Crippen molar-refractivity contribution in [2.24, 2.45) is 11.8 Å². The van der Waals surface area contributed by atoms with Gasteiger partial charge in [0.2, 0.25) is 17.7 Å². The summed E-state index contributed by atoms with van der Waals surface area (Å²) >= 11 is 0. The van der Waals surface area contributed by atoms with E-state index in [1.54, 1.807) is 19.1 Å². The lowest BCUT2D eigenvalue weighted by molar-refractivity contribution is -0.142. The monoisotopic (exact) mass is 316 g/mol.